The van der Waals surface area contributed by atoms with E-state index in [9.17, 15) is 9.90 Å². The van der Waals surface area contributed by atoms with Gasteiger partial charge in [0.15, 0.2) is 0 Å². The van der Waals surface area contributed by atoms with E-state index in [1.54, 1.807) is 6.07 Å². The van der Waals surface area contributed by atoms with E-state index in [1.807, 2.05) is 32.0 Å². The molecule has 0 amide bonds. The Kier molecular flexibility index (Phi) is 2.10. The number of hydrogen-bond donors (Lipinski definition) is 1. The van der Waals surface area contributed by atoms with Crippen LogP contribution < -0.4 is 0 Å². The van der Waals surface area contributed by atoms with Crippen molar-refractivity contribution in [2.75, 3.05) is 0 Å². The van der Waals surface area contributed by atoms with Gasteiger partial charge in [-0.05, 0) is 23.5 Å². The van der Waals surface area contributed by atoms with Gasteiger partial charge in [0.25, 0.3) is 0 Å². The highest BCUT2D eigenvalue weighted by molar-refractivity contribution is 5.88. The highest BCUT2D eigenvalue weighted by Gasteiger charge is 2.68. The summed E-state index contributed by atoms with van der Waals surface area (Å²) in [6, 6.07) is 7.31. The normalized spacial score (nSPS) is 25.8. The summed E-state index contributed by atoms with van der Waals surface area (Å²) in [5.41, 5.74) is 0.451. The maximum atomic E-state index is 11.5. The smallest absolute Gasteiger partial charge is 0.314 e. The van der Waals surface area contributed by atoms with Gasteiger partial charge in [-0.15, -0.1) is 6.42 Å². The Morgan fingerprint density at radius 3 is 2.44 bits per heavy atom. The summed E-state index contributed by atoms with van der Waals surface area (Å²) in [6.45, 7) is 3.93. The molecule has 0 radical (unpaired) electrons. The summed E-state index contributed by atoms with van der Waals surface area (Å²) >= 11 is 0. The number of rotatable bonds is 2. The number of carboxylic acids is 1. The molecule has 82 valence electrons. The lowest BCUT2D eigenvalue weighted by atomic mass is 9.85. The van der Waals surface area contributed by atoms with Crippen molar-refractivity contribution in [3.63, 3.8) is 0 Å². The highest BCUT2D eigenvalue weighted by Crippen LogP contribution is 2.64. The summed E-state index contributed by atoms with van der Waals surface area (Å²) < 4.78 is 0. The maximum absolute atomic E-state index is 11.5. The van der Waals surface area contributed by atoms with Crippen LogP contribution in [0, 0.1) is 17.8 Å². The Balaban J connectivity index is 2.61. The predicted molar refractivity (Wildman–Crippen MR) is 62.1 cm³/mol. The molecule has 1 aromatic rings. The molecule has 1 saturated carbocycles. The van der Waals surface area contributed by atoms with Crippen molar-refractivity contribution < 1.29 is 9.90 Å². The molecule has 16 heavy (non-hydrogen) atoms. The highest BCUT2D eigenvalue weighted by atomic mass is 16.4. The molecule has 2 heteroatoms. The summed E-state index contributed by atoms with van der Waals surface area (Å²) in [4.78, 5) is 11.5. The van der Waals surface area contributed by atoms with Gasteiger partial charge in [-0.2, -0.15) is 0 Å². The Morgan fingerprint density at radius 2 is 2.00 bits per heavy atom. The Morgan fingerprint density at radius 1 is 1.44 bits per heavy atom. The molecule has 0 bridgehead atoms. The van der Waals surface area contributed by atoms with Crippen LogP contribution in [0.25, 0.3) is 0 Å². The fourth-order valence-electron chi connectivity index (χ4n) is 2.54. The zero-order chi connectivity index (χ0) is 12.0. The van der Waals surface area contributed by atoms with Crippen LogP contribution in [0.15, 0.2) is 24.3 Å². The average molecular weight is 214 g/mol. The van der Waals surface area contributed by atoms with E-state index < -0.39 is 11.4 Å². The first-order chi connectivity index (χ1) is 7.45. The number of benzene rings is 1. The molecule has 1 atom stereocenters. The van der Waals surface area contributed by atoms with E-state index in [1.165, 1.54) is 0 Å². The van der Waals surface area contributed by atoms with Crippen molar-refractivity contribution in [2.45, 2.75) is 25.7 Å². The minimum absolute atomic E-state index is 0.216. The lowest BCUT2D eigenvalue weighted by molar-refractivity contribution is -0.141. The summed E-state index contributed by atoms with van der Waals surface area (Å²) in [5.74, 6) is 1.79. The molecule has 1 aliphatic rings. The van der Waals surface area contributed by atoms with Crippen molar-refractivity contribution in [2.24, 2.45) is 5.41 Å². The van der Waals surface area contributed by atoms with E-state index >= 15 is 0 Å². The van der Waals surface area contributed by atoms with E-state index in [2.05, 4.69) is 5.92 Å². The third-order valence-corrected chi connectivity index (χ3v) is 3.64. The third-order valence-electron chi connectivity index (χ3n) is 3.64. The summed E-state index contributed by atoms with van der Waals surface area (Å²) in [7, 11) is 0. The number of terminal acetylenes is 1. The minimum atomic E-state index is -0.796. The van der Waals surface area contributed by atoms with E-state index in [0.29, 0.717) is 12.0 Å². The van der Waals surface area contributed by atoms with Gasteiger partial charge < -0.3 is 5.11 Å². The summed E-state index contributed by atoms with van der Waals surface area (Å²) in [5, 5.41) is 9.44. The quantitative estimate of drug-likeness (QED) is 0.768. The molecule has 0 spiro atoms. The van der Waals surface area contributed by atoms with Gasteiger partial charge in [-0.1, -0.05) is 38.0 Å². The molecule has 1 aromatic carbocycles. The van der Waals surface area contributed by atoms with E-state index in [0.717, 1.165) is 5.56 Å². The van der Waals surface area contributed by atoms with Crippen LogP contribution in [0.5, 0.6) is 0 Å². The fourth-order valence-corrected chi connectivity index (χ4v) is 2.54. The topological polar surface area (TPSA) is 37.3 Å². The number of aliphatic carboxylic acids is 1. The van der Waals surface area contributed by atoms with Gasteiger partial charge in [0.05, 0.1) is 5.41 Å². The van der Waals surface area contributed by atoms with Gasteiger partial charge >= 0.3 is 5.97 Å². The van der Waals surface area contributed by atoms with Gasteiger partial charge in [-0.3, -0.25) is 4.79 Å². The van der Waals surface area contributed by atoms with Crippen molar-refractivity contribution in [1.29, 1.82) is 0 Å². The third kappa shape index (κ3) is 1.18. The van der Waals surface area contributed by atoms with Gasteiger partial charge in [0, 0.05) is 5.56 Å². The molecule has 0 saturated heterocycles. The zero-order valence-electron chi connectivity index (χ0n) is 9.45. The molecule has 1 unspecified atom stereocenters. The van der Waals surface area contributed by atoms with Crippen LogP contribution in [0.2, 0.25) is 0 Å². The van der Waals surface area contributed by atoms with Gasteiger partial charge in [0.2, 0.25) is 0 Å². The van der Waals surface area contributed by atoms with Gasteiger partial charge in [0.1, 0.15) is 0 Å². The van der Waals surface area contributed by atoms with Crippen molar-refractivity contribution in [1.82, 2.24) is 0 Å². The number of hydrogen-bond acceptors (Lipinski definition) is 1. The van der Waals surface area contributed by atoms with Crippen LogP contribution >= 0.6 is 0 Å². The zero-order valence-corrected chi connectivity index (χ0v) is 9.45. The molecule has 1 N–H and O–H groups in total. The van der Waals surface area contributed by atoms with E-state index in [4.69, 9.17) is 6.42 Å². The lowest BCUT2D eigenvalue weighted by Gasteiger charge is -2.17. The molecule has 1 aliphatic carbocycles. The molecule has 0 aromatic heterocycles. The monoisotopic (exact) mass is 214 g/mol. The Labute approximate surface area is 95.3 Å². The SMILES string of the molecule is C#Cc1ccccc1C1(C(=O)O)CC1(C)C. The minimum Gasteiger partial charge on any atom is -0.481 e. The van der Waals surface area contributed by atoms with Crippen molar-refractivity contribution >= 4 is 5.97 Å². The molecule has 0 heterocycles. The molecule has 1 fully saturated rings. The fraction of sp³-hybridized carbons (Fsp3) is 0.357. The summed E-state index contributed by atoms with van der Waals surface area (Å²) in [6.07, 6.45) is 6.07. The molecular formula is C14H14O2. The first kappa shape index (κ1) is 10.8. The second-order valence-corrected chi connectivity index (χ2v) is 4.96. The molecular weight excluding hydrogens is 200 g/mol. The van der Waals surface area contributed by atoms with Crippen LogP contribution in [-0.4, -0.2) is 11.1 Å². The van der Waals surface area contributed by atoms with Gasteiger partial charge in [-0.25, -0.2) is 0 Å². The second-order valence-electron chi connectivity index (χ2n) is 4.96. The second kappa shape index (κ2) is 3.12. The molecule has 0 aliphatic heterocycles. The molecule has 2 rings (SSSR count). The van der Waals surface area contributed by atoms with Crippen molar-refractivity contribution in [3.8, 4) is 12.3 Å². The first-order valence-corrected chi connectivity index (χ1v) is 5.25. The average Bonchev–Trinajstić information content (AvgIpc) is 2.83. The predicted octanol–water partition coefficient (Wildman–Crippen LogP) is 2.42. The largest absolute Gasteiger partial charge is 0.481 e. The Bertz CT molecular complexity index is 494. The lowest BCUT2D eigenvalue weighted by Crippen LogP contribution is -2.26. The van der Waals surface area contributed by atoms with Crippen LogP contribution in [0.4, 0.5) is 0 Å². The Hall–Kier alpha value is -1.75. The number of carbonyl (C=O) groups is 1. The van der Waals surface area contributed by atoms with Crippen molar-refractivity contribution in [3.05, 3.63) is 35.4 Å². The maximum Gasteiger partial charge on any atom is 0.314 e. The standard InChI is InChI=1S/C14H14O2/c1-4-10-7-5-6-8-11(10)14(12(15)16)9-13(14,2)3/h1,5-8H,9H2,2-3H3,(H,15,16). The van der Waals surface area contributed by atoms with Crippen LogP contribution in [0.1, 0.15) is 31.4 Å². The number of carboxylic acid groups (broad SMARTS) is 1. The van der Waals surface area contributed by atoms with Crippen LogP contribution in [0.3, 0.4) is 0 Å². The van der Waals surface area contributed by atoms with Crippen LogP contribution in [-0.2, 0) is 10.2 Å². The van der Waals surface area contributed by atoms with E-state index in [-0.39, 0.29) is 5.41 Å². The molecule has 2 nitrogen and oxygen atoms in total. The first-order valence-electron chi connectivity index (χ1n) is 5.25.